The lowest BCUT2D eigenvalue weighted by molar-refractivity contribution is 0.0870. The SMILES string of the molecule is CC1=NO[C@H](CNC(=O)Nc2ccccc2C)C1. The number of oxime groups is 1. The quantitative estimate of drug-likeness (QED) is 0.860. The van der Waals surface area contributed by atoms with Gasteiger partial charge in [0.15, 0.2) is 0 Å². The van der Waals surface area contributed by atoms with Crippen molar-refractivity contribution in [3.05, 3.63) is 29.8 Å². The van der Waals surface area contributed by atoms with Crippen LogP contribution in [0.4, 0.5) is 10.5 Å². The van der Waals surface area contributed by atoms with Crippen molar-refractivity contribution < 1.29 is 9.63 Å². The van der Waals surface area contributed by atoms with Gasteiger partial charge < -0.3 is 15.5 Å². The molecule has 0 saturated carbocycles. The summed E-state index contributed by atoms with van der Waals surface area (Å²) in [6.45, 7) is 4.32. The van der Waals surface area contributed by atoms with Gasteiger partial charge in [-0.15, -0.1) is 0 Å². The Kier molecular flexibility index (Phi) is 3.82. The van der Waals surface area contributed by atoms with Crippen molar-refractivity contribution in [2.45, 2.75) is 26.4 Å². The highest BCUT2D eigenvalue weighted by atomic mass is 16.6. The van der Waals surface area contributed by atoms with Crippen molar-refractivity contribution in [2.24, 2.45) is 5.16 Å². The van der Waals surface area contributed by atoms with E-state index in [4.69, 9.17) is 4.84 Å². The normalized spacial score (nSPS) is 17.9. The summed E-state index contributed by atoms with van der Waals surface area (Å²) < 4.78 is 0. The highest BCUT2D eigenvalue weighted by molar-refractivity contribution is 5.90. The number of nitrogens with one attached hydrogen (secondary N) is 2. The molecule has 0 saturated heterocycles. The lowest BCUT2D eigenvalue weighted by Gasteiger charge is -2.12. The number of urea groups is 1. The Labute approximate surface area is 106 Å². The van der Waals surface area contributed by atoms with Crippen LogP contribution in [-0.4, -0.2) is 24.4 Å². The van der Waals surface area contributed by atoms with Crippen LogP contribution in [0.1, 0.15) is 18.9 Å². The van der Waals surface area contributed by atoms with Crippen molar-refractivity contribution in [3.8, 4) is 0 Å². The van der Waals surface area contributed by atoms with E-state index < -0.39 is 0 Å². The standard InChI is InChI=1S/C13H17N3O2/c1-9-5-3-4-6-12(9)15-13(17)14-8-11-7-10(2)16-18-11/h3-6,11H,7-8H2,1-2H3,(H2,14,15,17)/t11-/m0/s1. The van der Waals surface area contributed by atoms with Crippen LogP contribution in [0.3, 0.4) is 0 Å². The molecule has 0 fully saturated rings. The summed E-state index contributed by atoms with van der Waals surface area (Å²) in [7, 11) is 0. The predicted octanol–water partition coefficient (Wildman–Crippen LogP) is 2.28. The number of para-hydroxylation sites is 1. The van der Waals surface area contributed by atoms with Gasteiger partial charge in [-0.2, -0.15) is 0 Å². The molecular weight excluding hydrogens is 230 g/mol. The fourth-order valence-electron chi connectivity index (χ4n) is 1.76. The first-order chi connectivity index (χ1) is 8.65. The second-order valence-corrected chi connectivity index (χ2v) is 4.41. The third-order valence-corrected chi connectivity index (χ3v) is 2.76. The maximum Gasteiger partial charge on any atom is 0.319 e. The molecule has 2 N–H and O–H groups in total. The number of carbonyl (C=O) groups is 1. The van der Waals surface area contributed by atoms with Crippen LogP contribution in [0.5, 0.6) is 0 Å². The Balaban J connectivity index is 1.78. The molecule has 1 atom stereocenters. The average Bonchev–Trinajstić information content (AvgIpc) is 2.76. The minimum absolute atomic E-state index is 0.0485. The molecule has 1 aromatic rings. The summed E-state index contributed by atoms with van der Waals surface area (Å²) in [5, 5.41) is 9.41. The van der Waals surface area contributed by atoms with Gasteiger partial charge in [-0.1, -0.05) is 23.4 Å². The molecule has 1 aromatic carbocycles. The molecule has 1 aliphatic heterocycles. The maximum atomic E-state index is 11.7. The molecule has 0 aromatic heterocycles. The lowest BCUT2D eigenvalue weighted by Crippen LogP contribution is -2.35. The number of amides is 2. The summed E-state index contributed by atoms with van der Waals surface area (Å²) in [5.41, 5.74) is 2.81. The first-order valence-electron chi connectivity index (χ1n) is 5.95. The Morgan fingerprint density at radius 3 is 2.89 bits per heavy atom. The smallest absolute Gasteiger partial charge is 0.319 e. The monoisotopic (exact) mass is 247 g/mol. The minimum Gasteiger partial charge on any atom is -0.390 e. The van der Waals surface area contributed by atoms with E-state index >= 15 is 0 Å². The fraction of sp³-hybridized carbons (Fsp3) is 0.385. The summed E-state index contributed by atoms with van der Waals surface area (Å²) in [5.74, 6) is 0. The molecule has 2 rings (SSSR count). The van der Waals surface area contributed by atoms with E-state index in [1.807, 2.05) is 38.1 Å². The molecule has 18 heavy (non-hydrogen) atoms. The van der Waals surface area contributed by atoms with Gasteiger partial charge >= 0.3 is 6.03 Å². The molecule has 0 spiro atoms. The Morgan fingerprint density at radius 1 is 1.44 bits per heavy atom. The zero-order valence-corrected chi connectivity index (χ0v) is 10.6. The van der Waals surface area contributed by atoms with Crippen LogP contribution >= 0.6 is 0 Å². The molecule has 0 bridgehead atoms. The lowest BCUT2D eigenvalue weighted by atomic mass is 10.2. The van der Waals surface area contributed by atoms with E-state index in [-0.39, 0.29) is 12.1 Å². The van der Waals surface area contributed by atoms with E-state index in [0.717, 1.165) is 23.4 Å². The van der Waals surface area contributed by atoms with Gasteiger partial charge in [-0.3, -0.25) is 0 Å². The van der Waals surface area contributed by atoms with Crippen LogP contribution in [0, 0.1) is 6.92 Å². The van der Waals surface area contributed by atoms with Gasteiger partial charge in [0.05, 0.1) is 12.3 Å². The predicted molar refractivity (Wildman–Crippen MR) is 70.8 cm³/mol. The molecule has 5 heteroatoms. The van der Waals surface area contributed by atoms with Crippen LogP contribution in [-0.2, 0) is 4.84 Å². The van der Waals surface area contributed by atoms with Gasteiger partial charge in [0.2, 0.25) is 0 Å². The number of hydrogen-bond acceptors (Lipinski definition) is 3. The zero-order valence-electron chi connectivity index (χ0n) is 10.6. The van der Waals surface area contributed by atoms with Crippen molar-refractivity contribution >= 4 is 17.4 Å². The van der Waals surface area contributed by atoms with E-state index in [2.05, 4.69) is 15.8 Å². The molecule has 1 aliphatic rings. The van der Waals surface area contributed by atoms with E-state index in [9.17, 15) is 4.79 Å². The van der Waals surface area contributed by atoms with E-state index in [0.29, 0.717) is 6.54 Å². The number of anilines is 1. The molecule has 0 radical (unpaired) electrons. The van der Waals surface area contributed by atoms with Crippen molar-refractivity contribution in [1.29, 1.82) is 0 Å². The van der Waals surface area contributed by atoms with E-state index in [1.165, 1.54) is 0 Å². The second-order valence-electron chi connectivity index (χ2n) is 4.41. The number of carbonyl (C=O) groups excluding carboxylic acids is 1. The first-order valence-corrected chi connectivity index (χ1v) is 5.95. The van der Waals surface area contributed by atoms with Gasteiger partial charge in [0.25, 0.3) is 0 Å². The van der Waals surface area contributed by atoms with Gasteiger partial charge in [0, 0.05) is 12.1 Å². The van der Waals surface area contributed by atoms with Crippen LogP contribution in [0.25, 0.3) is 0 Å². The minimum atomic E-state index is -0.225. The highest BCUT2D eigenvalue weighted by Crippen LogP contribution is 2.13. The Hall–Kier alpha value is -2.04. The van der Waals surface area contributed by atoms with Crippen molar-refractivity contribution in [3.63, 3.8) is 0 Å². The second kappa shape index (κ2) is 5.53. The summed E-state index contributed by atoms with van der Waals surface area (Å²) in [6.07, 6.45) is 0.720. The highest BCUT2D eigenvalue weighted by Gasteiger charge is 2.18. The first kappa shape index (κ1) is 12.4. The zero-order chi connectivity index (χ0) is 13.0. The maximum absolute atomic E-state index is 11.7. The summed E-state index contributed by atoms with van der Waals surface area (Å²) in [6, 6.07) is 7.42. The number of hydrogen-bond donors (Lipinski definition) is 2. The van der Waals surface area contributed by atoms with E-state index in [1.54, 1.807) is 0 Å². The summed E-state index contributed by atoms with van der Waals surface area (Å²) in [4.78, 5) is 16.8. The Bertz CT molecular complexity index is 471. The number of nitrogens with zero attached hydrogens (tertiary/aromatic N) is 1. The molecule has 96 valence electrons. The third kappa shape index (κ3) is 3.23. The van der Waals surface area contributed by atoms with Gasteiger partial charge in [0.1, 0.15) is 6.10 Å². The van der Waals surface area contributed by atoms with Crippen LogP contribution < -0.4 is 10.6 Å². The Morgan fingerprint density at radius 2 is 2.22 bits per heavy atom. The molecule has 0 unspecified atom stereocenters. The number of benzene rings is 1. The fourth-order valence-corrected chi connectivity index (χ4v) is 1.76. The molecule has 2 amide bonds. The van der Waals surface area contributed by atoms with Crippen LogP contribution in [0.2, 0.25) is 0 Å². The molecule has 1 heterocycles. The van der Waals surface area contributed by atoms with Gasteiger partial charge in [-0.25, -0.2) is 4.79 Å². The number of rotatable bonds is 3. The largest absolute Gasteiger partial charge is 0.390 e. The topological polar surface area (TPSA) is 62.7 Å². The van der Waals surface area contributed by atoms with Crippen LogP contribution in [0.15, 0.2) is 29.4 Å². The molecular formula is C13H17N3O2. The molecule has 0 aliphatic carbocycles. The number of aryl methyl sites for hydroxylation is 1. The molecule has 5 nitrogen and oxygen atoms in total. The van der Waals surface area contributed by atoms with Gasteiger partial charge in [-0.05, 0) is 25.5 Å². The average molecular weight is 247 g/mol. The van der Waals surface area contributed by atoms with Crippen molar-refractivity contribution in [2.75, 3.05) is 11.9 Å². The third-order valence-electron chi connectivity index (χ3n) is 2.76. The van der Waals surface area contributed by atoms with Crippen molar-refractivity contribution in [1.82, 2.24) is 5.32 Å². The summed E-state index contributed by atoms with van der Waals surface area (Å²) >= 11 is 0.